The largest absolute Gasteiger partial charge is 0.416 e. The van der Waals surface area contributed by atoms with Crippen molar-refractivity contribution in [3.8, 4) is 11.3 Å². The molecule has 0 saturated heterocycles. The molecule has 0 spiro atoms. The van der Waals surface area contributed by atoms with Crippen LogP contribution in [0.15, 0.2) is 72.8 Å². The van der Waals surface area contributed by atoms with E-state index in [1.807, 2.05) is 35.8 Å². The zero-order valence-corrected chi connectivity index (χ0v) is 20.3. The average molecular weight is 525 g/mol. The number of carbonyl (C=O) groups excluding carboxylic acids is 1. The minimum Gasteiger partial charge on any atom is -0.378 e. The van der Waals surface area contributed by atoms with Crippen molar-refractivity contribution in [1.82, 2.24) is 14.5 Å². The molecule has 1 aromatic heterocycles. The molecule has 0 saturated carbocycles. The molecule has 1 aliphatic heterocycles. The maximum absolute atomic E-state index is 13.6. The van der Waals surface area contributed by atoms with Crippen LogP contribution in [-0.4, -0.2) is 32.0 Å². The number of aliphatic hydroxyl groups excluding tert-OH is 1. The minimum absolute atomic E-state index is 0.0403. The Morgan fingerprint density at radius 1 is 1.03 bits per heavy atom. The van der Waals surface area contributed by atoms with Gasteiger partial charge < -0.3 is 19.9 Å². The van der Waals surface area contributed by atoms with Crippen LogP contribution in [0.5, 0.6) is 0 Å². The van der Waals surface area contributed by atoms with Crippen molar-refractivity contribution in [2.75, 3.05) is 11.9 Å². The standard InChI is InChI=1S/C28H24F4N4O2/c1-17-5-11-22(12-6-17)33-26-24(18-7-9-21(29)10-8-18)34-23-16-35(13-14-36(23)26)27(38)25(37)19-3-2-4-20(15-19)28(30,31)32/h2-12,15,25,33,37H,13-14,16H2,1H3. The smallest absolute Gasteiger partial charge is 0.378 e. The number of aryl methyl sites for hydroxylation is 1. The van der Waals surface area contributed by atoms with Crippen LogP contribution in [0.3, 0.4) is 0 Å². The average Bonchev–Trinajstić information content (AvgIpc) is 3.26. The first-order valence-electron chi connectivity index (χ1n) is 11.9. The fraction of sp³-hybridized carbons (Fsp3) is 0.214. The molecule has 3 aromatic carbocycles. The summed E-state index contributed by atoms with van der Waals surface area (Å²) in [5, 5.41) is 14.0. The first kappa shape index (κ1) is 25.5. The van der Waals surface area contributed by atoms with Crippen LogP contribution in [-0.2, 0) is 24.1 Å². The fourth-order valence-corrected chi connectivity index (χ4v) is 4.43. The number of nitrogens with one attached hydrogen (secondary N) is 1. The van der Waals surface area contributed by atoms with Gasteiger partial charge in [0.2, 0.25) is 0 Å². The molecule has 10 heteroatoms. The molecule has 1 unspecified atom stereocenters. The van der Waals surface area contributed by atoms with Crippen LogP contribution in [0.4, 0.5) is 29.1 Å². The number of benzene rings is 3. The van der Waals surface area contributed by atoms with Crippen molar-refractivity contribution in [2.45, 2.75) is 32.3 Å². The molecule has 2 heterocycles. The van der Waals surface area contributed by atoms with E-state index in [1.165, 1.54) is 23.1 Å². The number of aromatic nitrogens is 2. The van der Waals surface area contributed by atoms with E-state index in [0.717, 1.165) is 29.4 Å². The summed E-state index contributed by atoms with van der Waals surface area (Å²) in [6, 6.07) is 17.8. The summed E-state index contributed by atoms with van der Waals surface area (Å²) in [7, 11) is 0. The molecule has 1 aliphatic rings. The van der Waals surface area contributed by atoms with E-state index in [4.69, 9.17) is 4.98 Å². The van der Waals surface area contributed by atoms with Crippen LogP contribution >= 0.6 is 0 Å². The van der Waals surface area contributed by atoms with Gasteiger partial charge in [0.25, 0.3) is 5.91 Å². The van der Waals surface area contributed by atoms with Crippen LogP contribution in [0.2, 0.25) is 0 Å². The number of anilines is 2. The summed E-state index contributed by atoms with van der Waals surface area (Å²) < 4.78 is 54.9. The van der Waals surface area contributed by atoms with Crippen molar-refractivity contribution < 1.29 is 27.5 Å². The highest BCUT2D eigenvalue weighted by Crippen LogP contribution is 2.35. The normalized spacial score (nSPS) is 14.2. The highest BCUT2D eigenvalue weighted by atomic mass is 19.4. The van der Waals surface area contributed by atoms with E-state index < -0.39 is 23.8 Å². The van der Waals surface area contributed by atoms with Crippen LogP contribution in [0, 0.1) is 12.7 Å². The van der Waals surface area contributed by atoms with E-state index in [1.54, 1.807) is 12.1 Å². The molecule has 38 heavy (non-hydrogen) atoms. The van der Waals surface area contributed by atoms with Crippen molar-refractivity contribution in [2.24, 2.45) is 0 Å². The highest BCUT2D eigenvalue weighted by molar-refractivity contribution is 5.82. The molecule has 0 fully saturated rings. The Hall–Kier alpha value is -4.18. The zero-order chi connectivity index (χ0) is 27.0. The minimum atomic E-state index is -4.59. The number of amides is 1. The lowest BCUT2D eigenvalue weighted by atomic mass is 10.0. The van der Waals surface area contributed by atoms with E-state index in [-0.39, 0.29) is 24.5 Å². The third-order valence-electron chi connectivity index (χ3n) is 6.48. The zero-order valence-electron chi connectivity index (χ0n) is 20.3. The molecule has 2 N–H and O–H groups in total. The number of hydrogen-bond acceptors (Lipinski definition) is 4. The van der Waals surface area contributed by atoms with Crippen molar-refractivity contribution >= 4 is 17.4 Å². The van der Waals surface area contributed by atoms with Gasteiger partial charge in [0.1, 0.15) is 23.2 Å². The summed E-state index contributed by atoms with van der Waals surface area (Å²) in [4.78, 5) is 19.2. The Kier molecular flexibility index (Phi) is 6.66. The van der Waals surface area contributed by atoms with Gasteiger partial charge in [0.05, 0.1) is 12.1 Å². The van der Waals surface area contributed by atoms with Crippen LogP contribution in [0.25, 0.3) is 11.3 Å². The third kappa shape index (κ3) is 5.12. The monoisotopic (exact) mass is 524 g/mol. The molecule has 4 aromatic rings. The number of aliphatic hydroxyl groups is 1. The molecular weight excluding hydrogens is 500 g/mol. The number of rotatable bonds is 5. The lowest BCUT2D eigenvalue weighted by Gasteiger charge is -2.30. The van der Waals surface area contributed by atoms with E-state index in [0.29, 0.717) is 29.4 Å². The molecule has 0 radical (unpaired) electrons. The van der Waals surface area contributed by atoms with Gasteiger partial charge in [0, 0.05) is 24.3 Å². The summed E-state index contributed by atoms with van der Waals surface area (Å²) in [5.41, 5.74) is 2.08. The Morgan fingerprint density at radius 3 is 2.42 bits per heavy atom. The number of carbonyl (C=O) groups is 1. The number of halogens is 4. The molecular formula is C28H24F4N4O2. The maximum Gasteiger partial charge on any atom is 0.416 e. The van der Waals surface area contributed by atoms with Gasteiger partial charge in [-0.25, -0.2) is 9.37 Å². The molecule has 5 rings (SSSR count). The van der Waals surface area contributed by atoms with E-state index >= 15 is 0 Å². The van der Waals surface area contributed by atoms with Gasteiger partial charge in [-0.2, -0.15) is 13.2 Å². The lowest BCUT2D eigenvalue weighted by Crippen LogP contribution is -2.41. The molecule has 1 amide bonds. The predicted molar refractivity (Wildman–Crippen MR) is 134 cm³/mol. The Morgan fingerprint density at radius 2 is 1.74 bits per heavy atom. The molecule has 6 nitrogen and oxygen atoms in total. The number of imidazole rings is 1. The quantitative estimate of drug-likeness (QED) is 0.322. The summed E-state index contributed by atoms with van der Waals surface area (Å²) in [5.74, 6) is 0.0943. The van der Waals surface area contributed by atoms with Gasteiger partial charge in [0.15, 0.2) is 6.10 Å². The van der Waals surface area contributed by atoms with Crippen molar-refractivity contribution in [3.63, 3.8) is 0 Å². The topological polar surface area (TPSA) is 70.4 Å². The number of hydrogen-bond donors (Lipinski definition) is 2. The number of alkyl halides is 3. The number of fused-ring (bicyclic) bond motifs is 1. The molecule has 0 bridgehead atoms. The van der Waals surface area contributed by atoms with Gasteiger partial charge in [-0.05, 0) is 61.0 Å². The highest BCUT2D eigenvalue weighted by Gasteiger charge is 2.34. The summed E-state index contributed by atoms with van der Waals surface area (Å²) in [6.07, 6.45) is -6.34. The van der Waals surface area contributed by atoms with Crippen molar-refractivity contribution in [1.29, 1.82) is 0 Å². The Labute approximate surface area is 216 Å². The first-order valence-corrected chi connectivity index (χ1v) is 11.9. The summed E-state index contributed by atoms with van der Waals surface area (Å²) in [6.45, 7) is 2.56. The third-order valence-corrected chi connectivity index (χ3v) is 6.48. The second kappa shape index (κ2) is 9.94. The summed E-state index contributed by atoms with van der Waals surface area (Å²) >= 11 is 0. The van der Waals surface area contributed by atoms with Crippen LogP contribution < -0.4 is 5.32 Å². The van der Waals surface area contributed by atoms with Gasteiger partial charge in [-0.15, -0.1) is 0 Å². The SMILES string of the molecule is Cc1ccc(Nc2c(-c3ccc(F)cc3)nc3n2CCN(C(=O)C(O)c2cccc(C(F)(F)F)c2)C3)cc1. The second-order valence-electron chi connectivity index (χ2n) is 9.16. The van der Waals surface area contributed by atoms with Gasteiger partial charge in [-0.3, -0.25) is 4.79 Å². The predicted octanol–water partition coefficient (Wildman–Crippen LogP) is 5.84. The van der Waals surface area contributed by atoms with Gasteiger partial charge in [-0.1, -0.05) is 29.8 Å². The number of nitrogens with zero attached hydrogens (tertiary/aromatic N) is 3. The van der Waals surface area contributed by atoms with E-state index in [9.17, 15) is 27.5 Å². The molecule has 0 aliphatic carbocycles. The molecule has 1 atom stereocenters. The fourth-order valence-electron chi connectivity index (χ4n) is 4.43. The van der Waals surface area contributed by atoms with Crippen LogP contribution in [0.1, 0.15) is 28.6 Å². The Bertz CT molecular complexity index is 1460. The molecule has 196 valence electrons. The van der Waals surface area contributed by atoms with Crippen molar-refractivity contribution in [3.05, 3.63) is 101 Å². The lowest BCUT2D eigenvalue weighted by molar-refractivity contribution is -0.143. The maximum atomic E-state index is 13.6. The second-order valence-corrected chi connectivity index (χ2v) is 9.16. The Balaban J connectivity index is 1.44. The first-order chi connectivity index (χ1) is 18.1. The van der Waals surface area contributed by atoms with Gasteiger partial charge >= 0.3 is 6.18 Å². The van der Waals surface area contributed by atoms with E-state index in [2.05, 4.69) is 5.32 Å².